The molecule has 2 N–H and O–H groups in total. The van der Waals surface area contributed by atoms with Crippen LogP contribution in [0, 0.1) is 5.82 Å². The van der Waals surface area contributed by atoms with Gasteiger partial charge in [-0.1, -0.05) is 6.07 Å². The lowest BCUT2D eigenvalue weighted by Crippen LogP contribution is -2.55. The third-order valence-corrected chi connectivity index (χ3v) is 3.60. The van der Waals surface area contributed by atoms with Crippen LogP contribution in [0.1, 0.15) is 24.8 Å². The van der Waals surface area contributed by atoms with Gasteiger partial charge in [0.25, 0.3) is 0 Å². The molecule has 0 spiro atoms. The molecular weight excluding hydrogens is 261 g/mol. The van der Waals surface area contributed by atoms with Gasteiger partial charge in [0.15, 0.2) is 11.6 Å². The van der Waals surface area contributed by atoms with Gasteiger partial charge in [0, 0.05) is 6.08 Å². The molecule has 4 nitrogen and oxygen atoms in total. The molecule has 0 bridgehead atoms. The molecule has 1 aromatic carbocycles. The molecule has 0 aromatic heterocycles. The van der Waals surface area contributed by atoms with E-state index in [1.165, 1.54) is 31.4 Å². The number of hydrogen-bond acceptors (Lipinski definition) is 3. The van der Waals surface area contributed by atoms with E-state index in [2.05, 4.69) is 5.32 Å². The van der Waals surface area contributed by atoms with Crippen molar-refractivity contribution >= 4 is 12.0 Å². The summed E-state index contributed by atoms with van der Waals surface area (Å²) in [5.74, 6) is -0.587. The van der Waals surface area contributed by atoms with E-state index in [1.807, 2.05) is 0 Å². The number of nitrogens with one attached hydrogen (secondary N) is 1. The molecule has 0 saturated heterocycles. The molecule has 1 amide bonds. The monoisotopic (exact) mass is 279 g/mol. The summed E-state index contributed by atoms with van der Waals surface area (Å²) in [5.41, 5.74) is 0.108. The zero-order valence-corrected chi connectivity index (χ0v) is 11.4. The molecule has 1 aliphatic carbocycles. The van der Waals surface area contributed by atoms with Crippen molar-refractivity contribution in [3.05, 3.63) is 35.7 Å². The maximum absolute atomic E-state index is 13.5. The molecule has 1 fully saturated rings. The van der Waals surface area contributed by atoms with Crippen LogP contribution in [0.4, 0.5) is 4.39 Å². The van der Waals surface area contributed by atoms with Crippen LogP contribution in [-0.4, -0.2) is 30.3 Å². The van der Waals surface area contributed by atoms with Gasteiger partial charge in [0.1, 0.15) is 0 Å². The maximum atomic E-state index is 13.5. The van der Waals surface area contributed by atoms with Gasteiger partial charge in [-0.2, -0.15) is 0 Å². The van der Waals surface area contributed by atoms with Crippen molar-refractivity contribution in [2.75, 3.05) is 13.7 Å². The summed E-state index contributed by atoms with van der Waals surface area (Å²) in [4.78, 5) is 11.8. The Balaban J connectivity index is 1.98. The topological polar surface area (TPSA) is 58.6 Å². The quantitative estimate of drug-likeness (QED) is 0.809. The van der Waals surface area contributed by atoms with Crippen molar-refractivity contribution in [3.8, 4) is 5.75 Å². The second-order valence-corrected chi connectivity index (χ2v) is 5.01. The average Bonchev–Trinajstić information content (AvgIpc) is 2.41. The van der Waals surface area contributed by atoms with Gasteiger partial charge in [0.2, 0.25) is 5.91 Å². The highest BCUT2D eigenvalue weighted by Crippen LogP contribution is 2.31. The van der Waals surface area contributed by atoms with Gasteiger partial charge in [-0.3, -0.25) is 4.79 Å². The Morgan fingerprint density at radius 2 is 2.30 bits per heavy atom. The lowest BCUT2D eigenvalue weighted by molar-refractivity contribution is -0.120. The molecule has 108 valence electrons. The van der Waals surface area contributed by atoms with E-state index in [0.717, 1.165) is 19.3 Å². The summed E-state index contributed by atoms with van der Waals surface area (Å²) < 4.78 is 18.3. The van der Waals surface area contributed by atoms with Gasteiger partial charge < -0.3 is 15.2 Å². The highest BCUT2D eigenvalue weighted by Gasteiger charge is 2.37. The van der Waals surface area contributed by atoms with Crippen LogP contribution in [0.3, 0.4) is 0 Å². The Bertz CT molecular complexity index is 518. The number of amides is 1. The lowest BCUT2D eigenvalue weighted by Gasteiger charge is -2.40. The third-order valence-electron chi connectivity index (χ3n) is 3.60. The number of hydrogen-bond donors (Lipinski definition) is 2. The molecule has 0 heterocycles. The first-order valence-electron chi connectivity index (χ1n) is 6.53. The highest BCUT2D eigenvalue weighted by atomic mass is 19.1. The van der Waals surface area contributed by atoms with E-state index in [1.54, 1.807) is 6.07 Å². The molecular formula is C15H18FNO3. The second kappa shape index (κ2) is 6.05. The lowest BCUT2D eigenvalue weighted by atomic mass is 9.77. The maximum Gasteiger partial charge on any atom is 0.244 e. The molecule has 20 heavy (non-hydrogen) atoms. The second-order valence-electron chi connectivity index (χ2n) is 5.01. The minimum atomic E-state index is -0.471. The molecule has 0 atom stereocenters. The Hall–Kier alpha value is -1.88. The van der Waals surface area contributed by atoms with Crippen molar-refractivity contribution in [3.63, 3.8) is 0 Å². The van der Waals surface area contributed by atoms with Gasteiger partial charge in [-0.15, -0.1) is 0 Å². The number of methoxy groups -OCH3 is 1. The fourth-order valence-electron chi connectivity index (χ4n) is 2.19. The minimum absolute atomic E-state index is 0.0518. The molecule has 0 aliphatic heterocycles. The number of halogens is 1. The Kier molecular flexibility index (Phi) is 4.39. The first-order chi connectivity index (χ1) is 9.58. The van der Waals surface area contributed by atoms with Crippen LogP contribution in [0.2, 0.25) is 0 Å². The van der Waals surface area contributed by atoms with E-state index in [4.69, 9.17) is 4.74 Å². The molecule has 0 unspecified atom stereocenters. The summed E-state index contributed by atoms with van der Waals surface area (Å²) in [6, 6.07) is 4.47. The van der Waals surface area contributed by atoms with Crippen LogP contribution in [0.25, 0.3) is 6.08 Å². The number of rotatable bonds is 5. The zero-order valence-electron chi connectivity index (χ0n) is 11.4. The average molecular weight is 279 g/mol. The molecule has 1 aromatic rings. The van der Waals surface area contributed by atoms with Crippen LogP contribution >= 0.6 is 0 Å². The van der Waals surface area contributed by atoms with E-state index >= 15 is 0 Å². The fourth-order valence-corrected chi connectivity index (χ4v) is 2.19. The van der Waals surface area contributed by atoms with E-state index in [9.17, 15) is 14.3 Å². The van der Waals surface area contributed by atoms with E-state index in [0.29, 0.717) is 5.56 Å². The number of aliphatic hydroxyl groups is 1. The molecule has 5 heteroatoms. The summed E-state index contributed by atoms with van der Waals surface area (Å²) in [6.07, 6.45) is 5.47. The first-order valence-corrected chi connectivity index (χ1v) is 6.53. The predicted octanol–water partition coefficient (Wildman–Crippen LogP) is 1.88. The molecule has 1 aliphatic rings. The number of benzene rings is 1. The van der Waals surface area contributed by atoms with Crippen molar-refractivity contribution in [2.45, 2.75) is 24.8 Å². The minimum Gasteiger partial charge on any atom is -0.494 e. The largest absolute Gasteiger partial charge is 0.494 e. The summed E-state index contributed by atoms with van der Waals surface area (Å²) >= 11 is 0. The van der Waals surface area contributed by atoms with E-state index in [-0.39, 0.29) is 18.3 Å². The molecule has 1 saturated carbocycles. The Morgan fingerprint density at radius 1 is 1.55 bits per heavy atom. The molecule has 0 radical (unpaired) electrons. The van der Waals surface area contributed by atoms with Crippen LogP contribution in [-0.2, 0) is 4.79 Å². The van der Waals surface area contributed by atoms with Crippen LogP contribution < -0.4 is 10.1 Å². The summed E-state index contributed by atoms with van der Waals surface area (Å²) in [7, 11) is 1.40. The number of ether oxygens (including phenoxy) is 1. The number of aliphatic hydroxyl groups excluding tert-OH is 1. The van der Waals surface area contributed by atoms with Crippen molar-refractivity contribution in [2.24, 2.45) is 0 Å². The van der Waals surface area contributed by atoms with Gasteiger partial charge in [-0.25, -0.2) is 4.39 Å². The van der Waals surface area contributed by atoms with E-state index < -0.39 is 11.4 Å². The Labute approximate surface area is 117 Å². The Morgan fingerprint density at radius 3 is 2.80 bits per heavy atom. The van der Waals surface area contributed by atoms with Gasteiger partial charge in [-0.05, 0) is 43.0 Å². The van der Waals surface area contributed by atoms with Crippen molar-refractivity contribution in [1.29, 1.82) is 0 Å². The van der Waals surface area contributed by atoms with Crippen LogP contribution in [0.5, 0.6) is 5.75 Å². The smallest absolute Gasteiger partial charge is 0.244 e. The normalized spacial score (nSPS) is 16.8. The third kappa shape index (κ3) is 3.17. The number of carbonyl (C=O) groups is 1. The highest BCUT2D eigenvalue weighted by molar-refractivity contribution is 5.92. The summed E-state index contributed by atoms with van der Waals surface area (Å²) in [5, 5.41) is 12.1. The SMILES string of the molecule is COc1ccc(/C=C/C(=O)NC2(CO)CCC2)cc1F. The van der Waals surface area contributed by atoms with Crippen LogP contribution in [0.15, 0.2) is 24.3 Å². The zero-order chi connectivity index (χ0) is 14.6. The standard InChI is InChI=1S/C15H18FNO3/c1-20-13-5-3-11(9-12(13)16)4-6-14(19)17-15(10-18)7-2-8-15/h3-6,9,18H,2,7-8,10H2,1H3,(H,17,19)/b6-4+. The number of carbonyl (C=O) groups excluding carboxylic acids is 1. The molecule has 2 rings (SSSR count). The summed E-state index contributed by atoms with van der Waals surface area (Å²) in [6.45, 7) is -0.0518. The van der Waals surface area contributed by atoms with Crippen molar-refractivity contribution in [1.82, 2.24) is 5.32 Å². The predicted molar refractivity (Wildman–Crippen MR) is 73.8 cm³/mol. The fraction of sp³-hybridized carbons (Fsp3) is 0.400. The first kappa shape index (κ1) is 14.5. The van der Waals surface area contributed by atoms with Gasteiger partial charge in [0.05, 0.1) is 19.3 Å². The van der Waals surface area contributed by atoms with Crippen molar-refractivity contribution < 1.29 is 19.0 Å². The van der Waals surface area contributed by atoms with Gasteiger partial charge >= 0.3 is 0 Å².